The van der Waals surface area contributed by atoms with Crippen LogP contribution in [0.25, 0.3) is 0 Å². The quantitative estimate of drug-likeness (QED) is 0.402. The molecule has 31 heavy (non-hydrogen) atoms. The fourth-order valence-corrected chi connectivity index (χ4v) is 3.07. The number of carbonyl (C=O) groups excluding carboxylic acids is 1. The summed E-state index contributed by atoms with van der Waals surface area (Å²) in [5.41, 5.74) is 3.15. The lowest BCUT2D eigenvalue weighted by atomic mass is 10.2. The molecule has 0 saturated heterocycles. The van der Waals surface area contributed by atoms with Crippen molar-refractivity contribution in [1.82, 2.24) is 15.0 Å². The van der Waals surface area contributed by atoms with Crippen LogP contribution in [-0.4, -0.2) is 20.9 Å². The molecule has 3 heterocycles. The van der Waals surface area contributed by atoms with Crippen LogP contribution in [0, 0.1) is 20.8 Å². The minimum Gasteiger partial charge on any atom is -0.466 e. The highest BCUT2D eigenvalue weighted by Crippen LogP contribution is 2.21. The first-order valence-corrected chi connectivity index (χ1v) is 9.73. The molecule has 0 aliphatic rings. The van der Waals surface area contributed by atoms with E-state index in [1.165, 1.54) is 6.33 Å². The maximum absolute atomic E-state index is 12.4. The fraction of sp³-hybridized carbons (Fsp3) is 0.130. The number of carbonyl (C=O) groups is 1. The van der Waals surface area contributed by atoms with Crippen molar-refractivity contribution in [2.75, 3.05) is 16.0 Å². The first-order valence-electron chi connectivity index (χ1n) is 9.73. The second-order valence-corrected chi connectivity index (χ2v) is 7.12. The molecule has 156 valence electrons. The monoisotopic (exact) mass is 414 g/mol. The summed E-state index contributed by atoms with van der Waals surface area (Å²) >= 11 is 0. The maximum Gasteiger partial charge on any atom is 0.259 e. The van der Waals surface area contributed by atoms with E-state index >= 15 is 0 Å². The van der Waals surface area contributed by atoms with Gasteiger partial charge in [0, 0.05) is 23.6 Å². The largest absolute Gasteiger partial charge is 0.466 e. The first kappa shape index (κ1) is 20.1. The van der Waals surface area contributed by atoms with Gasteiger partial charge in [0.25, 0.3) is 5.91 Å². The van der Waals surface area contributed by atoms with Gasteiger partial charge in [0.1, 0.15) is 35.3 Å². The zero-order valence-electron chi connectivity index (χ0n) is 17.4. The summed E-state index contributed by atoms with van der Waals surface area (Å²) in [6, 6.07) is 14.8. The van der Waals surface area contributed by atoms with E-state index in [2.05, 4.69) is 30.9 Å². The van der Waals surface area contributed by atoms with Crippen molar-refractivity contribution in [3.05, 3.63) is 83.7 Å². The fourth-order valence-electron chi connectivity index (χ4n) is 3.07. The maximum atomic E-state index is 12.4. The molecule has 4 rings (SSSR count). The minimum absolute atomic E-state index is 0.202. The molecule has 1 amide bonds. The van der Waals surface area contributed by atoms with Crippen molar-refractivity contribution in [3.63, 3.8) is 0 Å². The van der Waals surface area contributed by atoms with Crippen LogP contribution >= 0.6 is 0 Å². The third kappa shape index (κ3) is 5.05. The van der Waals surface area contributed by atoms with Gasteiger partial charge in [0.05, 0.1) is 5.56 Å². The third-order valence-corrected chi connectivity index (χ3v) is 4.54. The molecule has 4 aromatic rings. The summed E-state index contributed by atoms with van der Waals surface area (Å²) in [4.78, 5) is 25.2. The number of furan rings is 1. The Morgan fingerprint density at radius 3 is 2.16 bits per heavy atom. The highest BCUT2D eigenvalue weighted by atomic mass is 16.3. The predicted molar refractivity (Wildman–Crippen MR) is 120 cm³/mol. The number of rotatable bonds is 6. The van der Waals surface area contributed by atoms with E-state index in [9.17, 15) is 4.79 Å². The lowest BCUT2D eigenvalue weighted by Gasteiger charge is -2.10. The molecule has 8 heteroatoms. The van der Waals surface area contributed by atoms with Crippen molar-refractivity contribution in [3.8, 4) is 0 Å². The number of hydrogen-bond donors (Lipinski definition) is 3. The Kier molecular flexibility index (Phi) is 5.61. The Labute approximate surface area is 179 Å². The molecule has 3 N–H and O–H groups in total. The molecule has 0 spiro atoms. The number of amides is 1. The zero-order valence-corrected chi connectivity index (χ0v) is 17.4. The first-order chi connectivity index (χ1) is 15.0. The number of aryl methyl sites for hydroxylation is 3. The molecule has 0 fully saturated rings. The van der Waals surface area contributed by atoms with Gasteiger partial charge in [-0.2, -0.15) is 0 Å². The smallest absolute Gasteiger partial charge is 0.259 e. The van der Waals surface area contributed by atoms with Crippen LogP contribution in [0.1, 0.15) is 27.4 Å². The van der Waals surface area contributed by atoms with Crippen LogP contribution in [0.4, 0.5) is 28.8 Å². The summed E-state index contributed by atoms with van der Waals surface area (Å²) in [7, 11) is 0. The third-order valence-electron chi connectivity index (χ3n) is 4.54. The van der Waals surface area contributed by atoms with Gasteiger partial charge in [-0.3, -0.25) is 4.79 Å². The molecule has 0 atom stereocenters. The summed E-state index contributed by atoms with van der Waals surface area (Å²) in [5.74, 6) is 3.08. The van der Waals surface area contributed by atoms with Crippen molar-refractivity contribution in [1.29, 1.82) is 0 Å². The number of nitrogens with one attached hydrogen (secondary N) is 3. The molecule has 0 aliphatic carbocycles. The highest BCUT2D eigenvalue weighted by molar-refractivity contribution is 6.05. The number of nitrogens with zero attached hydrogens (tertiary/aromatic N) is 3. The Morgan fingerprint density at radius 2 is 1.48 bits per heavy atom. The average Bonchev–Trinajstić information content (AvgIpc) is 3.08. The second-order valence-electron chi connectivity index (χ2n) is 7.12. The molecule has 0 unspecified atom stereocenters. The summed E-state index contributed by atoms with van der Waals surface area (Å²) in [6.45, 7) is 5.59. The normalized spacial score (nSPS) is 10.5. The molecule has 0 bridgehead atoms. The van der Waals surface area contributed by atoms with Gasteiger partial charge in [-0.1, -0.05) is 0 Å². The zero-order chi connectivity index (χ0) is 21.8. The van der Waals surface area contributed by atoms with E-state index < -0.39 is 0 Å². The molecule has 8 nitrogen and oxygen atoms in total. The molecular formula is C23H22N6O2. The Hall–Kier alpha value is -4.20. The lowest BCUT2D eigenvalue weighted by Crippen LogP contribution is -2.12. The summed E-state index contributed by atoms with van der Waals surface area (Å²) in [6.07, 6.45) is 3.22. The van der Waals surface area contributed by atoms with E-state index in [0.717, 1.165) is 11.3 Å². The van der Waals surface area contributed by atoms with Crippen molar-refractivity contribution in [2.45, 2.75) is 20.8 Å². The van der Waals surface area contributed by atoms with Crippen molar-refractivity contribution < 1.29 is 9.21 Å². The lowest BCUT2D eigenvalue weighted by molar-refractivity contribution is 0.102. The number of benzene rings is 1. The molecule has 1 aromatic carbocycles. The van der Waals surface area contributed by atoms with Crippen LogP contribution in [0.3, 0.4) is 0 Å². The van der Waals surface area contributed by atoms with Gasteiger partial charge in [-0.25, -0.2) is 15.0 Å². The number of anilines is 5. The molecule has 3 aromatic heterocycles. The van der Waals surface area contributed by atoms with Crippen LogP contribution < -0.4 is 16.0 Å². The van der Waals surface area contributed by atoms with Gasteiger partial charge < -0.3 is 20.4 Å². The Bertz CT molecular complexity index is 1220. The van der Waals surface area contributed by atoms with Gasteiger partial charge in [-0.15, -0.1) is 0 Å². The predicted octanol–water partition coefficient (Wildman–Crippen LogP) is 5.13. The SMILES string of the molecule is Cc1ccnc(Nc2cc(Nc3ccc(NC(=O)c4cc(C)oc4C)cc3)ncn2)c1. The second kappa shape index (κ2) is 8.66. The summed E-state index contributed by atoms with van der Waals surface area (Å²) < 4.78 is 5.42. The average molecular weight is 414 g/mol. The molecule has 0 radical (unpaired) electrons. The summed E-state index contributed by atoms with van der Waals surface area (Å²) in [5, 5.41) is 9.27. The molecular weight excluding hydrogens is 392 g/mol. The van der Waals surface area contributed by atoms with Crippen LogP contribution in [0.15, 0.2) is 65.5 Å². The van der Waals surface area contributed by atoms with E-state index in [4.69, 9.17) is 4.42 Å². The van der Waals surface area contributed by atoms with Gasteiger partial charge in [0.15, 0.2) is 0 Å². The topological polar surface area (TPSA) is 105 Å². The number of pyridine rings is 1. The number of hydrogen-bond acceptors (Lipinski definition) is 7. The van der Waals surface area contributed by atoms with E-state index in [1.807, 2.05) is 50.2 Å². The number of aromatic nitrogens is 3. The molecule has 0 aliphatic heterocycles. The van der Waals surface area contributed by atoms with E-state index in [1.54, 1.807) is 25.3 Å². The van der Waals surface area contributed by atoms with Gasteiger partial charge in [0.2, 0.25) is 0 Å². The van der Waals surface area contributed by atoms with E-state index in [-0.39, 0.29) is 5.91 Å². The Balaban J connectivity index is 1.41. The van der Waals surface area contributed by atoms with Gasteiger partial charge >= 0.3 is 0 Å². The van der Waals surface area contributed by atoms with Crippen LogP contribution in [0.5, 0.6) is 0 Å². The van der Waals surface area contributed by atoms with Gasteiger partial charge in [-0.05, 0) is 68.8 Å². The Morgan fingerprint density at radius 1 is 0.806 bits per heavy atom. The van der Waals surface area contributed by atoms with Crippen molar-refractivity contribution in [2.24, 2.45) is 0 Å². The standard InChI is InChI=1S/C23H22N6O2/c1-14-8-9-24-20(10-14)29-22-12-21(25-13-26-22)27-17-4-6-18(7-5-17)28-23(30)19-11-15(2)31-16(19)3/h4-13H,1-3H3,(H,28,30)(H2,24,25,26,27,29). The van der Waals surface area contributed by atoms with Crippen molar-refractivity contribution >= 4 is 34.7 Å². The van der Waals surface area contributed by atoms with E-state index in [0.29, 0.717) is 40.2 Å². The van der Waals surface area contributed by atoms with Crippen LogP contribution in [0.2, 0.25) is 0 Å². The highest BCUT2D eigenvalue weighted by Gasteiger charge is 2.13. The van der Waals surface area contributed by atoms with Crippen LogP contribution in [-0.2, 0) is 0 Å². The minimum atomic E-state index is -0.202. The molecule has 0 saturated carbocycles.